The number of aryl methyl sites for hydroxylation is 2. The van der Waals surface area contributed by atoms with Gasteiger partial charge in [-0.1, -0.05) is 157 Å². The van der Waals surface area contributed by atoms with Gasteiger partial charge in [-0.05, 0) is 89.3 Å². The summed E-state index contributed by atoms with van der Waals surface area (Å²) in [5, 5.41) is 18.9. The predicted octanol–water partition coefficient (Wildman–Crippen LogP) is 10.6. The molecular formula is C50H71NO10SSi. The van der Waals surface area contributed by atoms with Gasteiger partial charge in [-0.25, -0.2) is 4.18 Å². The summed E-state index contributed by atoms with van der Waals surface area (Å²) < 4.78 is 57.6. The lowest BCUT2D eigenvalue weighted by atomic mass is 9.96. The summed E-state index contributed by atoms with van der Waals surface area (Å²) in [6, 6.07) is 28.4. The molecule has 0 saturated carbocycles. The second-order valence-corrected chi connectivity index (χ2v) is 24.5. The van der Waals surface area contributed by atoms with Crippen LogP contribution in [-0.4, -0.2) is 75.5 Å². The second kappa shape index (κ2) is 24.0. The molecule has 0 spiro atoms. The molecule has 0 aliphatic carbocycles. The van der Waals surface area contributed by atoms with Gasteiger partial charge >= 0.3 is 16.4 Å². The van der Waals surface area contributed by atoms with Crippen molar-refractivity contribution >= 4 is 52.1 Å². The van der Waals surface area contributed by atoms with Gasteiger partial charge in [0.25, 0.3) is 0 Å². The number of benzene rings is 4. The number of carbonyl (C=O) groups excluding carboxylic acids is 2. The molecule has 1 amide bonds. The third-order valence-corrected chi connectivity index (χ3v) is 17.8. The zero-order valence-corrected chi connectivity index (χ0v) is 39.9. The van der Waals surface area contributed by atoms with Crippen LogP contribution in [-0.2, 0) is 50.9 Å². The number of hydrogen-bond acceptors (Lipinski definition) is 9. The Morgan fingerprint density at radius 1 is 0.683 bits per heavy atom. The molecule has 1 fully saturated rings. The lowest BCUT2D eigenvalue weighted by Crippen LogP contribution is -2.66. The second-order valence-electron chi connectivity index (χ2n) is 18.7. The van der Waals surface area contributed by atoms with E-state index < -0.39 is 61.2 Å². The number of carbonyl (C=O) groups is 2. The first-order valence-electron chi connectivity index (χ1n) is 23.1. The lowest BCUT2D eigenvalue weighted by Gasteiger charge is -2.45. The molecule has 0 unspecified atom stereocenters. The van der Waals surface area contributed by atoms with Gasteiger partial charge in [0.1, 0.15) is 18.2 Å². The van der Waals surface area contributed by atoms with Crippen molar-refractivity contribution < 1.29 is 45.7 Å². The number of aliphatic hydroxyl groups is 1. The molecule has 11 nitrogen and oxygen atoms in total. The Morgan fingerprint density at radius 2 is 1.16 bits per heavy atom. The average Bonchev–Trinajstić information content (AvgIpc) is 3.23. The van der Waals surface area contributed by atoms with Crippen LogP contribution in [0, 0.1) is 0 Å². The van der Waals surface area contributed by atoms with Crippen molar-refractivity contribution in [3.05, 3.63) is 96.1 Å². The summed E-state index contributed by atoms with van der Waals surface area (Å²) in [5.41, 5.74) is 2.71. The van der Waals surface area contributed by atoms with Crippen LogP contribution >= 0.6 is 0 Å². The highest BCUT2D eigenvalue weighted by Gasteiger charge is 2.51. The predicted molar refractivity (Wildman–Crippen MR) is 252 cm³/mol. The van der Waals surface area contributed by atoms with Gasteiger partial charge in [0.15, 0.2) is 20.7 Å². The van der Waals surface area contributed by atoms with Crippen molar-refractivity contribution in [1.29, 1.82) is 0 Å². The molecule has 5 atom stereocenters. The van der Waals surface area contributed by atoms with Gasteiger partial charge in [0.2, 0.25) is 5.91 Å². The van der Waals surface area contributed by atoms with Crippen LogP contribution in [0.15, 0.2) is 84.9 Å². The highest BCUT2D eigenvalue weighted by atomic mass is 32.3. The van der Waals surface area contributed by atoms with Crippen molar-refractivity contribution in [2.45, 2.75) is 172 Å². The minimum atomic E-state index is -5.10. The van der Waals surface area contributed by atoms with Gasteiger partial charge in [0, 0.05) is 12.8 Å². The number of ether oxygens (including phenoxy) is 2. The fraction of sp³-hybridized carbons (Fsp3) is 0.560. The Bertz CT molecular complexity index is 2160. The Balaban J connectivity index is 1.12. The summed E-state index contributed by atoms with van der Waals surface area (Å²) in [6.07, 6.45) is 7.15. The molecular weight excluding hydrogens is 835 g/mol. The van der Waals surface area contributed by atoms with Crippen molar-refractivity contribution in [2.75, 3.05) is 6.61 Å². The Hall–Kier alpha value is -3.69. The largest absolute Gasteiger partial charge is 0.457 e. The monoisotopic (exact) mass is 905 g/mol. The van der Waals surface area contributed by atoms with Crippen LogP contribution in [0.25, 0.3) is 21.5 Å². The first-order chi connectivity index (χ1) is 30.0. The van der Waals surface area contributed by atoms with E-state index in [1.54, 1.807) is 0 Å². The summed E-state index contributed by atoms with van der Waals surface area (Å²) in [5.74, 6) is -1.06. The van der Waals surface area contributed by atoms with E-state index >= 15 is 0 Å². The molecule has 346 valence electrons. The fourth-order valence-corrected chi connectivity index (χ4v) is 9.73. The third kappa shape index (κ3) is 15.8. The number of amides is 1. The number of esters is 1. The average molecular weight is 906 g/mol. The SMILES string of the molecule is CC(C)(C)[Si](C)(C)OC[C@H]1O[C@H](O)[C@@H](NC(=O)CCCCCCCCc2cccc3ccccc23)[C@@H](OC(=O)CCCCCCCCc2cccc3ccccc23)[C@@H]1OS(=O)(=O)O. The summed E-state index contributed by atoms with van der Waals surface area (Å²) in [7, 11) is -7.52. The maximum absolute atomic E-state index is 13.4. The molecule has 3 N–H and O–H groups in total. The van der Waals surface area contributed by atoms with E-state index in [9.17, 15) is 27.7 Å². The van der Waals surface area contributed by atoms with Crippen molar-refractivity contribution in [2.24, 2.45) is 0 Å². The van der Waals surface area contributed by atoms with Crippen molar-refractivity contribution in [1.82, 2.24) is 5.32 Å². The van der Waals surface area contributed by atoms with E-state index in [4.69, 9.17) is 18.1 Å². The van der Waals surface area contributed by atoms with E-state index in [1.165, 1.54) is 32.7 Å². The summed E-state index contributed by atoms with van der Waals surface area (Å²) in [6.45, 7) is 9.92. The smallest absolute Gasteiger partial charge is 0.397 e. The van der Waals surface area contributed by atoms with Gasteiger partial charge < -0.3 is 24.3 Å². The first-order valence-corrected chi connectivity index (χ1v) is 27.3. The molecule has 1 aliphatic heterocycles. The van der Waals surface area contributed by atoms with Crippen molar-refractivity contribution in [3.63, 3.8) is 0 Å². The highest BCUT2D eigenvalue weighted by Crippen LogP contribution is 2.38. The third-order valence-electron chi connectivity index (χ3n) is 12.8. The Morgan fingerprint density at radius 3 is 1.68 bits per heavy atom. The maximum Gasteiger partial charge on any atom is 0.397 e. The van der Waals surface area contributed by atoms with E-state index in [0.717, 1.165) is 77.0 Å². The van der Waals surface area contributed by atoms with Crippen LogP contribution in [0.4, 0.5) is 0 Å². The van der Waals surface area contributed by atoms with E-state index in [-0.39, 0.29) is 24.5 Å². The topological polar surface area (TPSA) is 158 Å². The maximum atomic E-state index is 13.4. The summed E-state index contributed by atoms with van der Waals surface area (Å²) in [4.78, 5) is 26.8. The molecule has 0 radical (unpaired) electrons. The number of unbranched alkanes of at least 4 members (excludes halogenated alkanes) is 10. The minimum absolute atomic E-state index is 0.0375. The number of hydrogen-bond donors (Lipinski definition) is 3. The first kappa shape index (κ1) is 50.3. The zero-order chi connectivity index (χ0) is 45.5. The standard InChI is InChI=1S/C50H71NO10SSi/c1-50(2,3)63(4,5)58-36-43-47(61-62(55,56)57)48(60-45(53)35-17-13-9-7-11-15-25-38-29-23-31-40-27-19-21-33-42(38)40)46(49(54)59-43)51-44(52)34-16-12-8-6-10-14-24-37-28-22-30-39-26-18-20-32-41(37)39/h18-23,26-33,43,46-49,54H,6-17,24-25,34-36H2,1-5H3,(H,51,52)(H,55,56,57)/t43-,46+,47-,48-,49+/m1/s1. The molecule has 4 aromatic carbocycles. The molecule has 1 heterocycles. The van der Waals surface area contributed by atoms with E-state index in [1.807, 2.05) is 33.9 Å². The molecule has 0 bridgehead atoms. The Kier molecular flexibility index (Phi) is 19.2. The number of rotatable bonds is 25. The fourth-order valence-electron chi connectivity index (χ4n) is 8.20. The van der Waals surface area contributed by atoms with Gasteiger partial charge in [0.05, 0.1) is 6.61 Å². The molecule has 1 aliphatic rings. The number of aliphatic hydroxyl groups excluding tert-OH is 1. The molecule has 13 heteroatoms. The quantitative estimate of drug-likeness (QED) is 0.0253. The van der Waals surface area contributed by atoms with Gasteiger partial charge in [-0.15, -0.1) is 0 Å². The van der Waals surface area contributed by atoms with Crippen LogP contribution < -0.4 is 5.32 Å². The molecule has 1 saturated heterocycles. The van der Waals surface area contributed by atoms with E-state index in [0.29, 0.717) is 12.8 Å². The van der Waals surface area contributed by atoms with Crippen LogP contribution in [0.5, 0.6) is 0 Å². The Labute approximate surface area is 376 Å². The van der Waals surface area contributed by atoms with Crippen LogP contribution in [0.3, 0.4) is 0 Å². The normalized spacial score (nSPS) is 19.6. The van der Waals surface area contributed by atoms with Crippen molar-refractivity contribution in [3.8, 4) is 0 Å². The highest BCUT2D eigenvalue weighted by molar-refractivity contribution is 7.80. The molecule has 4 aromatic rings. The summed E-state index contributed by atoms with van der Waals surface area (Å²) >= 11 is 0. The molecule has 0 aromatic heterocycles. The number of nitrogens with one attached hydrogen (secondary N) is 1. The molecule has 5 rings (SSSR count). The van der Waals surface area contributed by atoms with E-state index in [2.05, 4.69) is 90.2 Å². The zero-order valence-electron chi connectivity index (χ0n) is 38.1. The van der Waals surface area contributed by atoms with Gasteiger partial charge in [-0.3, -0.25) is 14.1 Å². The number of fused-ring (bicyclic) bond motifs is 2. The lowest BCUT2D eigenvalue weighted by molar-refractivity contribution is -0.253. The molecule has 63 heavy (non-hydrogen) atoms. The minimum Gasteiger partial charge on any atom is -0.457 e. The van der Waals surface area contributed by atoms with Crippen LogP contribution in [0.1, 0.15) is 122 Å². The van der Waals surface area contributed by atoms with Crippen LogP contribution in [0.2, 0.25) is 18.1 Å². The van der Waals surface area contributed by atoms with Gasteiger partial charge in [-0.2, -0.15) is 8.42 Å².